The summed E-state index contributed by atoms with van der Waals surface area (Å²) in [6.07, 6.45) is 1.11. The third-order valence-electron chi connectivity index (χ3n) is 2.99. The molecule has 2 rings (SSSR count). The number of hydrogen-bond donors (Lipinski definition) is 1. The van der Waals surface area contributed by atoms with E-state index in [1.54, 1.807) is 0 Å². The Balaban J connectivity index is 2.38. The fourth-order valence-corrected chi connectivity index (χ4v) is 2.22. The molecule has 0 unspecified atom stereocenters. The van der Waals surface area contributed by atoms with Crippen molar-refractivity contribution in [3.8, 4) is 11.1 Å². The number of nitrogen functional groups attached to an aromatic ring is 1. The number of nitrogens with two attached hydrogens (primary N) is 1. The Kier molecular flexibility index (Phi) is 3.66. The number of benzene rings is 1. The number of nitrogens with zero attached hydrogens (tertiary/aromatic N) is 1. The molecule has 0 atom stereocenters. The Morgan fingerprint density at radius 1 is 1.17 bits per heavy atom. The predicted molar refractivity (Wildman–Crippen MR) is 77.4 cm³/mol. The molecule has 0 aliphatic heterocycles. The SMILES string of the molecule is Cc1nc(N)ccc1-c1cccc(CC(C)C)c1. The van der Waals surface area contributed by atoms with Crippen LogP contribution in [0.4, 0.5) is 5.82 Å². The zero-order chi connectivity index (χ0) is 13.1. The van der Waals surface area contributed by atoms with E-state index in [0.29, 0.717) is 11.7 Å². The zero-order valence-electron chi connectivity index (χ0n) is 11.3. The van der Waals surface area contributed by atoms with Crippen molar-refractivity contribution in [1.82, 2.24) is 4.98 Å². The van der Waals surface area contributed by atoms with Crippen LogP contribution in [0.5, 0.6) is 0 Å². The number of aryl methyl sites for hydroxylation is 1. The van der Waals surface area contributed by atoms with E-state index in [-0.39, 0.29) is 0 Å². The van der Waals surface area contributed by atoms with Crippen molar-refractivity contribution >= 4 is 5.82 Å². The van der Waals surface area contributed by atoms with Crippen LogP contribution < -0.4 is 5.73 Å². The van der Waals surface area contributed by atoms with Gasteiger partial charge in [-0.2, -0.15) is 0 Å². The molecule has 1 aromatic heterocycles. The predicted octanol–water partition coefficient (Wildman–Crippen LogP) is 3.84. The molecule has 0 amide bonds. The molecule has 1 aromatic carbocycles. The molecule has 0 saturated heterocycles. The third kappa shape index (κ3) is 2.89. The van der Waals surface area contributed by atoms with Gasteiger partial charge in [-0.25, -0.2) is 4.98 Å². The molecule has 0 bridgehead atoms. The quantitative estimate of drug-likeness (QED) is 0.885. The molecule has 0 aliphatic carbocycles. The van der Waals surface area contributed by atoms with Crippen molar-refractivity contribution in [3.63, 3.8) is 0 Å². The van der Waals surface area contributed by atoms with Gasteiger partial charge in [0.25, 0.3) is 0 Å². The summed E-state index contributed by atoms with van der Waals surface area (Å²) in [6.45, 7) is 6.48. The second-order valence-corrected chi connectivity index (χ2v) is 5.17. The van der Waals surface area contributed by atoms with Crippen LogP contribution in [0.1, 0.15) is 25.1 Å². The van der Waals surface area contributed by atoms with Crippen molar-refractivity contribution in [1.29, 1.82) is 0 Å². The maximum atomic E-state index is 5.69. The van der Waals surface area contributed by atoms with Gasteiger partial charge in [-0.05, 0) is 42.5 Å². The van der Waals surface area contributed by atoms with Gasteiger partial charge < -0.3 is 5.73 Å². The highest BCUT2D eigenvalue weighted by atomic mass is 14.8. The first-order valence-electron chi connectivity index (χ1n) is 6.38. The summed E-state index contributed by atoms with van der Waals surface area (Å²) in [4.78, 5) is 4.32. The minimum Gasteiger partial charge on any atom is -0.384 e. The summed E-state index contributed by atoms with van der Waals surface area (Å²) in [7, 11) is 0. The van der Waals surface area contributed by atoms with E-state index in [4.69, 9.17) is 5.73 Å². The molecule has 1 heterocycles. The van der Waals surface area contributed by atoms with E-state index in [9.17, 15) is 0 Å². The van der Waals surface area contributed by atoms with Gasteiger partial charge in [0.15, 0.2) is 0 Å². The summed E-state index contributed by atoms with van der Waals surface area (Å²) in [6, 6.07) is 12.6. The molecule has 0 fully saturated rings. The van der Waals surface area contributed by atoms with Crippen molar-refractivity contribution in [2.75, 3.05) is 5.73 Å². The molecule has 2 N–H and O–H groups in total. The molecule has 18 heavy (non-hydrogen) atoms. The van der Waals surface area contributed by atoms with Gasteiger partial charge in [0.2, 0.25) is 0 Å². The molecular weight excluding hydrogens is 220 g/mol. The highest BCUT2D eigenvalue weighted by molar-refractivity contribution is 5.67. The molecule has 2 heteroatoms. The highest BCUT2D eigenvalue weighted by Crippen LogP contribution is 2.24. The maximum Gasteiger partial charge on any atom is 0.123 e. The van der Waals surface area contributed by atoms with E-state index in [1.807, 2.05) is 19.1 Å². The molecule has 0 aliphatic rings. The van der Waals surface area contributed by atoms with E-state index in [2.05, 4.69) is 43.1 Å². The Hall–Kier alpha value is -1.83. The smallest absolute Gasteiger partial charge is 0.123 e. The van der Waals surface area contributed by atoms with E-state index in [1.165, 1.54) is 11.1 Å². The molecule has 0 saturated carbocycles. The van der Waals surface area contributed by atoms with Crippen LogP contribution in [0.2, 0.25) is 0 Å². The average molecular weight is 240 g/mol. The highest BCUT2D eigenvalue weighted by Gasteiger charge is 2.05. The molecule has 2 nitrogen and oxygen atoms in total. The van der Waals surface area contributed by atoms with Crippen LogP contribution >= 0.6 is 0 Å². The van der Waals surface area contributed by atoms with Crippen molar-refractivity contribution in [2.45, 2.75) is 27.2 Å². The van der Waals surface area contributed by atoms with Crippen molar-refractivity contribution in [2.24, 2.45) is 5.92 Å². The molecule has 2 aromatic rings. The summed E-state index contributed by atoms with van der Waals surface area (Å²) >= 11 is 0. The van der Waals surface area contributed by atoms with Crippen LogP contribution in [-0.4, -0.2) is 4.98 Å². The van der Waals surface area contributed by atoms with E-state index >= 15 is 0 Å². The fraction of sp³-hybridized carbons (Fsp3) is 0.312. The summed E-state index contributed by atoms with van der Waals surface area (Å²) < 4.78 is 0. The normalized spacial score (nSPS) is 10.9. The second-order valence-electron chi connectivity index (χ2n) is 5.17. The van der Waals surface area contributed by atoms with Gasteiger partial charge in [0, 0.05) is 11.3 Å². The first kappa shape index (κ1) is 12.6. The van der Waals surface area contributed by atoms with Crippen molar-refractivity contribution in [3.05, 3.63) is 47.7 Å². The van der Waals surface area contributed by atoms with Gasteiger partial charge in [0.05, 0.1) is 0 Å². The zero-order valence-corrected chi connectivity index (χ0v) is 11.3. The van der Waals surface area contributed by atoms with E-state index in [0.717, 1.165) is 17.7 Å². The number of hydrogen-bond acceptors (Lipinski definition) is 2. The number of rotatable bonds is 3. The van der Waals surface area contributed by atoms with Crippen LogP contribution in [0.25, 0.3) is 11.1 Å². The minimum atomic E-state index is 0.578. The van der Waals surface area contributed by atoms with Crippen LogP contribution in [0.3, 0.4) is 0 Å². The Morgan fingerprint density at radius 2 is 1.94 bits per heavy atom. The lowest BCUT2D eigenvalue weighted by molar-refractivity contribution is 0.647. The standard InChI is InChI=1S/C16H20N2/c1-11(2)9-13-5-4-6-14(10-13)15-7-8-16(17)18-12(15)3/h4-8,10-11H,9H2,1-3H3,(H2,17,18). The minimum absolute atomic E-state index is 0.578. The Labute approximate surface area is 109 Å². The monoisotopic (exact) mass is 240 g/mol. The first-order chi connectivity index (χ1) is 8.56. The van der Waals surface area contributed by atoms with Crippen molar-refractivity contribution < 1.29 is 0 Å². The summed E-state index contributed by atoms with van der Waals surface area (Å²) in [5.74, 6) is 1.25. The van der Waals surface area contributed by atoms with Gasteiger partial charge in [0.1, 0.15) is 5.82 Å². The van der Waals surface area contributed by atoms with Gasteiger partial charge in [-0.1, -0.05) is 38.1 Å². The lowest BCUT2D eigenvalue weighted by Gasteiger charge is -2.09. The Bertz CT molecular complexity index is 545. The maximum absolute atomic E-state index is 5.69. The average Bonchev–Trinajstić information content (AvgIpc) is 2.28. The molecule has 0 spiro atoms. The second kappa shape index (κ2) is 5.21. The number of anilines is 1. The van der Waals surface area contributed by atoms with Gasteiger partial charge >= 0.3 is 0 Å². The van der Waals surface area contributed by atoms with Crippen LogP contribution in [-0.2, 0) is 6.42 Å². The first-order valence-corrected chi connectivity index (χ1v) is 6.38. The number of pyridine rings is 1. The summed E-state index contributed by atoms with van der Waals surface area (Å²) in [5, 5.41) is 0. The molecule has 94 valence electrons. The van der Waals surface area contributed by atoms with E-state index < -0.39 is 0 Å². The molecular formula is C16H20N2. The van der Waals surface area contributed by atoms with Crippen LogP contribution in [0, 0.1) is 12.8 Å². The topological polar surface area (TPSA) is 38.9 Å². The number of aromatic nitrogens is 1. The third-order valence-corrected chi connectivity index (χ3v) is 2.99. The largest absolute Gasteiger partial charge is 0.384 e. The lowest BCUT2D eigenvalue weighted by Crippen LogP contribution is -1.96. The van der Waals surface area contributed by atoms with Gasteiger partial charge in [-0.3, -0.25) is 0 Å². The molecule has 0 radical (unpaired) electrons. The Morgan fingerprint density at radius 3 is 2.61 bits per heavy atom. The summed E-state index contributed by atoms with van der Waals surface area (Å²) in [5.41, 5.74) is 10.4. The van der Waals surface area contributed by atoms with Crippen LogP contribution in [0.15, 0.2) is 36.4 Å². The fourth-order valence-electron chi connectivity index (χ4n) is 2.22. The van der Waals surface area contributed by atoms with Gasteiger partial charge in [-0.15, -0.1) is 0 Å². The lowest BCUT2D eigenvalue weighted by atomic mass is 9.97.